The molecule has 0 amide bonds. The Morgan fingerprint density at radius 1 is 1.20 bits per heavy atom. The second-order valence-electron chi connectivity index (χ2n) is 4.52. The Balaban J connectivity index is 2.08. The highest BCUT2D eigenvalue weighted by Crippen LogP contribution is 2.31. The Labute approximate surface area is 122 Å². The van der Waals surface area contributed by atoms with Crippen LogP contribution in [0.2, 0.25) is 0 Å². The van der Waals surface area contributed by atoms with E-state index in [1.807, 2.05) is 24.3 Å². The number of rotatable bonds is 2. The molecule has 4 heteroatoms. The Kier molecular flexibility index (Phi) is 3.51. The maximum atomic E-state index is 9.36. The summed E-state index contributed by atoms with van der Waals surface area (Å²) >= 11 is 6.40. The molecule has 0 N–H and O–H groups in total. The highest BCUT2D eigenvalue weighted by molar-refractivity contribution is 6.53. The van der Waals surface area contributed by atoms with Gasteiger partial charge in [-0.1, -0.05) is 29.8 Å². The molecule has 0 saturated carbocycles. The van der Waals surface area contributed by atoms with Crippen molar-refractivity contribution in [1.29, 1.82) is 5.26 Å². The predicted molar refractivity (Wildman–Crippen MR) is 77.5 cm³/mol. The van der Waals surface area contributed by atoms with Gasteiger partial charge < -0.3 is 4.74 Å². The fourth-order valence-electron chi connectivity index (χ4n) is 2.20. The Morgan fingerprint density at radius 2 is 2.05 bits per heavy atom. The highest BCUT2D eigenvalue weighted by Gasteiger charge is 2.15. The zero-order valence-corrected chi connectivity index (χ0v) is 11.4. The number of hydrogen-bond donors (Lipinski definition) is 0. The lowest BCUT2D eigenvalue weighted by Gasteiger charge is -2.06. The van der Waals surface area contributed by atoms with Gasteiger partial charge in [0.25, 0.3) is 0 Å². The number of benzene rings is 1. The first-order valence-electron chi connectivity index (χ1n) is 6.20. The van der Waals surface area contributed by atoms with Gasteiger partial charge in [-0.05, 0) is 28.8 Å². The molecule has 0 bridgehead atoms. The Morgan fingerprint density at radius 3 is 2.80 bits per heavy atom. The van der Waals surface area contributed by atoms with Crippen molar-refractivity contribution in [1.82, 2.24) is 4.98 Å². The van der Waals surface area contributed by atoms with Crippen LogP contribution in [0.1, 0.15) is 22.3 Å². The number of hydrogen-bond acceptors (Lipinski definition) is 3. The van der Waals surface area contributed by atoms with E-state index in [1.165, 1.54) is 5.56 Å². The number of halogens is 1. The van der Waals surface area contributed by atoms with Gasteiger partial charge in [0.2, 0.25) is 0 Å². The maximum absolute atomic E-state index is 9.36. The van der Waals surface area contributed by atoms with Crippen molar-refractivity contribution < 1.29 is 4.74 Å². The second-order valence-corrected chi connectivity index (χ2v) is 4.90. The van der Waals surface area contributed by atoms with Crippen LogP contribution >= 0.6 is 11.6 Å². The average Bonchev–Trinajstić information content (AvgIpc) is 2.96. The van der Waals surface area contributed by atoms with E-state index in [-0.39, 0.29) is 0 Å². The molecule has 0 fully saturated rings. The lowest BCUT2D eigenvalue weighted by molar-refractivity contribution is 0.134. The molecule has 2 heterocycles. The summed E-state index contributed by atoms with van der Waals surface area (Å²) in [6, 6.07) is 11.7. The van der Waals surface area contributed by atoms with Crippen LogP contribution in [-0.4, -0.2) is 4.98 Å². The summed E-state index contributed by atoms with van der Waals surface area (Å²) in [6.07, 6.45) is 3.30. The molecule has 1 aromatic carbocycles. The molecule has 0 aliphatic carbocycles. The van der Waals surface area contributed by atoms with E-state index in [9.17, 15) is 5.26 Å². The van der Waals surface area contributed by atoms with Crippen molar-refractivity contribution >= 4 is 22.2 Å². The summed E-state index contributed by atoms with van der Waals surface area (Å²) in [6.45, 7) is 1.24. The van der Waals surface area contributed by atoms with Crippen molar-refractivity contribution in [2.75, 3.05) is 0 Å². The first-order chi connectivity index (χ1) is 9.79. The third-order valence-corrected chi connectivity index (χ3v) is 3.66. The van der Waals surface area contributed by atoms with Gasteiger partial charge >= 0.3 is 0 Å². The monoisotopic (exact) mass is 282 g/mol. The number of aromatic nitrogens is 1. The van der Waals surface area contributed by atoms with Crippen LogP contribution in [-0.2, 0) is 18.0 Å². The van der Waals surface area contributed by atoms with E-state index in [0.29, 0.717) is 23.8 Å². The molecule has 0 spiro atoms. The van der Waals surface area contributed by atoms with Crippen LogP contribution in [0.3, 0.4) is 0 Å². The minimum atomic E-state index is 0.429. The average molecular weight is 283 g/mol. The van der Waals surface area contributed by atoms with Crippen LogP contribution in [0.25, 0.3) is 10.6 Å². The van der Waals surface area contributed by atoms with Gasteiger partial charge in [0.1, 0.15) is 6.07 Å². The molecule has 0 atom stereocenters. The molecule has 2 aromatic rings. The summed E-state index contributed by atoms with van der Waals surface area (Å²) in [7, 11) is 0. The molecular weight excluding hydrogens is 272 g/mol. The van der Waals surface area contributed by atoms with Crippen molar-refractivity contribution in [3.8, 4) is 6.07 Å². The zero-order chi connectivity index (χ0) is 13.9. The van der Waals surface area contributed by atoms with E-state index in [0.717, 1.165) is 16.7 Å². The van der Waals surface area contributed by atoms with Crippen molar-refractivity contribution in [3.05, 3.63) is 65.0 Å². The summed E-state index contributed by atoms with van der Waals surface area (Å²) in [4.78, 5) is 4.02. The van der Waals surface area contributed by atoms with Crippen LogP contribution < -0.4 is 0 Å². The summed E-state index contributed by atoms with van der Waals surface area (Å²) < 4.78 is 5.39. The number of ether oxygens (including phenoxy) is 1. The Bertz CT molecular complexity index is 717. The number of allylic oxidation sites excluding steroid dienone is 1. The SMILES string of the molecule is N#C/C(=C(/Cl)c1ccc2c(c1)COC2)c1cccnc1. The molecular formula is C16H11ClN2O. The maximum Gasteiger partial charge on any atom is 0.101 e. The third kappa shape index (κ3) is 2.32. The highest BCUT2D eigenvalue weighted by atomic mass is 35.5. The molecule has 1 aromatic heterocycles. The predicted octanol–water partition coefficient (Wildman–Crippen LogP) is 3.74. The molecule has 1 aliphatic rings. The lowest BCUT2D eigenvalue weighted by atomic mass is 10.0. The van der Waals surface area contributed by atoms with E-state index in [1.54, 1.807) is 18.5 Å². The van der Waals surface area contributed by atoms with Crippen LogP contribution in [0.15, 0.2) is 42.7 Å². The van der Waals surface area contributed by atoms with Crippen LogP contribution in [0, 0.1) is 11.3 Å². The second kappa shape index (κ2) is 5.46. The Hall–Kier alpha value is -2.15. The quantitative estimate of drug-likeness (QED) is 0.788. The van der Waals surface area contributed by atoms with Gasteiger partial charge in [-0.25, -0.2) is 0 Å². The molecule has 20 heavy (non-hydrogen) atoms. The van der Waals surface area contributed by atoms with Gasteiger partial charge in [0, 0.05) is 18.0 Å². The minimum absolute atomic E-state index is 0.429. The molecule has 1 aliphatic heterocycles. The van der Waals surface area contributed by atoms with E-state index >= 15 is 0 Å². The molecule has 98 valence electrons. The smallest absolute Gasteiger partial charge is 0.101 e. The van der Waals surface area contributed by atoms with Crippen molar-refractivity contribution in [2.24, 2.45) is 0 Å². The normalized spacial score (nSPS) is 14.4. The molecule has 3 nitrogen and oxygen atoms in total. The minimum Gasteiger partial charge on any atom is -0.372 e. The van der Waals surface area contributed by atoms with Gasteiger partial charge in [-0.3, -0.25) is 4.98 Å². The van der Waals surface area contributed by atoms with Crippen LogP contribution in [0.5, 0.6) is 0 Å². The van der Waals surface area contributed by atoms with Gasteiger partial charge in [0.15, 0.2) is 0 Å². The standard InChI is InChI=1S/C16H11ClN2O/c17-16(15(7-18)12-2-1-5-19-8-12)11-3-4-13-9-20-10-14(13)6-11/h1-6,8H,9-10H2/b16-15-. The number of pyridine rings is 1. The molecule has 0 unspecified atom stereocenters. The number of nitriles is 1. The first-order valence-corrected chi connectivity index (χ1v) is 6.57. The van der Waals surface area contributed by atoms with Crippen LogP contribution in [0.4, 0.5) is 0 Å². The first kappa shape index (κ1) is 12.9. The van der Waals surface area contributed by atoms with E-state index in [2.05, 4.69) is 11.1 Å². The fraction of sp³-hybridized carbons (Fsp3) is 0.125. The van der Waals surface area contributed by atoms with Gasteiger partial charge in [-0.2, -0.15) is 5.26 Å². The largest absolute Gasteiger partial charge is 0.372 e. The summed E-state index contributed by atoms with van der Waals surface area (Å²) in [5, 5.41) is 9.80. The molecule has 3 rings (SSSR count). The summed E-state index contributed by atoms with van der Waals surface area (Å²) in [5.41, 5.74) is 4.29. The number of fused-ring (bicyclic) bond motifs is 1. The summed E-state index contributed by atoms with van der Waals surface area (Å²) in [5.74, 6) is 0. The molecule has 0 radical (unpaired) electrons. The van der Waals surface area contributed by atoms with Crippen molar-refractivity contribution in [2.45, 2.75) is 13.2 Å². The van der Waals surface area contributed by atoms with E-state index in [4.69, 9.17) is 16.3 Å². The lowest BCUT2D eigenvalue weighted by Crippen LogP contribution is -1.89. The third-order valence-electron chi connectivity index (χ3n) is 3.26. The van der Waals surface area contributed by atoms with Gasteiger partial charge in [-0.15, -0.1) is 0 Å². The topological polar surface area (TPSA) is 45.9 Å². The van der Waals surface area contributed by atoms with Crippen molar-refractivity contribution in [3.63, 3.8) is 0 Å². The molecule has 0 saturated heterocycles. The fourth-order valence-corrected chi connectivity index (χ4v) is 2.47. The zero-order valence-electron chi connectivity index (χ0n) is 10.6. The van der Waals surface area contributed by atoms with Gasteiger partial charge in [0.05, 0.1) is 23.8 Å². The number of nitrogens with zero attached hydrogens (tertiary/aromatic N) is 2. The van der Waals surface area contributed by atoms with E-state index < -0.39 is 0 Å².